The van der Waals surface area contributed by atoms with Crippen LogP contribution in [0.1, 0.15) is 22.3 Å². The van der Waals surface area contributed by atoms with E-state index in [0.717, 1.165) is 39.6 Å². The van der Waals surface area contributed by atoms with Gasteiger partial charge in [-0.15, -0.1) is 0 Å². The fraction of sp³-hybridized carbons (Fsp3) is 0.0370. The number of nitrogens with zero attached hydrogens (tertiary/aromatic N) is 5. The predicted octanol–water partition coefficient (Wildman–Crippen LogP) is 5.41. The molecule has 0 bridgehead atoms. The largest absolute Gasteiger partial charge is 0.278 e. The van der Waals surface area contributed by atoms with Gasteiger partial charge in [0.05, 0.1) is 5.41 Å². The van der Waals surface area contributed by atoms with Crippen LogP contribution in [0.3, 0.4) is 0 Å². The van der Waals surface area contributed by atoms with Gasteiger partial charge in [0.2, 0.25) is 0 Å². The molecule has 5 heterocycles. The first-order valence-corrected chi connectivity index (χ1v) is 10.6. The van der Waals surface area contributed by atoms with Gasteiger partial charge in [0, 0.05) is 54.0 Å². The third kappa shape index (κ3) is 2.02. The van der Waals surface area contributed by atoms with E-state index in [9.17, 15) is 0 Å². The summed E-state index contributed by atoms with van der Waals surface area (Å²) in [5.74, 6) is 1.74. The molecular formula is C27H17N5. The Morgan fingerprint density at radius 1 is 0.531 bits per heavy atom. The van der Waals surface area contributed by atoms with Crippen molar-refractivity contribution in [3.05, 3.63) is 126 Å². The first-order chi connectivity index (χ1) is 15.9. The highest BCUT2D eigenvalue weighted by Gasteiger charge is 2.53. The molecule has 0 unspecified atom stereocenters. The zero-order valence-electron chi connectivity index (χ0n) is 17.1. The van der Waals surface area contributed by atoms with Crippen molar-refractivity contribution in [1.29, 1.82) is 0 Å². The zero-order chi connectivity index (χ0) is 21.1. The molecule has 1 aliphatic heterocycles. The van der Waals surface area contributed by atoms with Crippen molar-refractivity contribution in [2.75, 3.05) is 4.90 Å². The van der Waals surface area contributed by atoms with Gasteiger partial charge in [0.15, 0.2) is 0 Å². The van der Waals surface area contributed by atoms with Crippen LogP contribution in [0.4, 0.5) is 17.3 Å². The van der Waals surface area contributed by atoms with E-state index in [4.69, 9.17) is 9.97 Å². The molecule has 7 rings (SSSR count). The van der Waals surface area contributed by atoms with E-state index < -0.39 is 5.41 Å². The molecule has 1 aromatic carbocycles. The van der Waals surface area contributed by atoms with Gasteiger partial charge >= 0.3 is 0 Å². The normalized spacial score (nSPS) is 14.4. The lowest BCUT2D eigenvalue weighted by Gasteiger charge is -2.42. The third-order valence-corrected chi connectivity index (χ3v) is 6.56. The second kappa shape index (κ2) is 6.31. The van der Waals surface area contributed by atoms with Crippen LogP contribution in [0.2, 0.25) is 0 Å². The Labute approximate surface area is 185 Å². The predicted molar refractivity (Wildman–Crippen MR) is 123 cm³/mol. The molecule has 32 heavy (non-hydrogen) atoms. The fourth-order valence-electron chi connectivity index (χ4n) is 5.38. The lowest BCUT2D eigenvalue weighted by molar-refractivity contribution is 0.729. The molecule has 0 radical (unpaired) electrons. The van der Waals surface area contributed by atoms with Gasteiger partial charge in [0.1, 0.15) is 11.6 Å². The summed E-state index contributed by atoms with van der Waals surface area (Å²) in [6.45, 7) is 0. The quantitative estimate of drug-likeness (QED) is 0.361. The number of aromatic nitrogens is 4. The van der Waals surface area contributed by atoms with Crippen molar-refractivity contribution in [2.24, 2.45) is 0 Å². The molecule has 2 aliphatic rings. The van der Waals surface area contributed by atoms with Crippen LogP contribution in [0.25, 0.3) is 11.1 Å². The highest BCUT2D eigenvalue weighted by Crippen LogP contribution is 2.61. The summed E-state index contributed by atoms with van der Waals surface area (Å²) in [7, 11) is 0. The molecule has 0 atom stereocenters. The Hall–Kier alpha value is -4.38. The minimum atomic E-state index is -0.578. The molecule has 0 amide bonds. The number of rotatable bonds is 1. The molecular weight excluding hydrogens is 394 g/mol. The van der Waals surface area contributed by atoms with Crippen molar-refractivity contribution in [3.63, 3.8) is 0 Å². The van der Waals surface area contributed by atoms with E-state index in [1.807, 2.05) is 67.5 Å². The van der Waals surface area contributed by atoms with Gasteiger partial charge in [0.25, 0.3) is 0 Å². The summed E-state index contributed by atoms with van der Waals surface area (Å²) >= 11 is 0. The van der Waals surface area contributed by atoms with Crippen LogP contribution in [0.15, 0.2) is 104 Å². The minimum absolute atomic E-state index is 0.578. The topological polar surface area (TPSA) is 54.8 Å². The van der Waals surface area contributed by atoms with Crippen molar-refractivity contribution in [1.82, 2.24) is 19.9 Å². The first kappa shape index (κ1) is 17.3. The maximum Gasteiger partial charge on any atom is 0.143 e. The van der Waals surface area contributed by atoms with Gasteiger partial charge in [-0.1, -0.05) is 30.3 Å². The molecule has 0 saturated heterocycles. The number of hydrogen-bond donors (Lipinski definition) is 0. The Bertz CT molecular complexity index is 1400. The van der Waals surface area contributed by atoms with Gasteiger partial charge in [-0.3, -0.25) is 14.9 Å². The average molecular weight is 411 g/mol. The monoisotopic (exact) mass is 411 g/mol. The summed E-state index contributed by atoms with van der Waals surface area (Å²) in [6, 6.07) is 22.8. The van der Waals surface area contributed by atoms with Crippen molar-refractivity contribution >= 4 is 17.3 Å². The number of hydrogen-bond acceptors (Lipinski definition) is 5. The number of anilines is 3. The summed E-state index contributed by atoms with van der Waals surface area (Å²) in [4.78, 5) is 21.0. The van der Waals surface area contributed by atoms with E-state index >= 15 is 0 Å². The van der Waals surface area contributed by atoms with E-state index in [1.54, 1.807) is 0 Å². The summed E-state index contributed by atoms with van der Waals surface area (Å²) < 4.78 is 0. The van der Waals surface area contributed by atoms with Gasteiger partial charge in [-0.05, 0) is 58.7 Å². The van der Waals surface area contributed by atoms with Gasteiger partial charge in [-0.25, -0.2) is 9.97 Å². The second-order valence-corrected chi connectivity index (χ2v) is 8.01. The summed E-state index contributed by atoms with van der Waals surface area (Å²) in [6.07, 6.45) is 11.4. The molecule has 5 aromatic rings. The lowest BCUT2D eigenvalue weighted by atomic mass is 9.66. The summed E-state index contributed by atoms with van der Waals surface area (Å²) in [5, 5.41) is 0. The number of para-hydroxylation sites is 1. The SMILES string of the molecule is c1ccc(N2c3ncccc3C3(c4cnccc4-c4ccncc43)c3cccnc32)cc1. The fourth-order valence-corrected chi connectivity index (χ4v) is 5.38. The molecule has 0 saturated carbocycles. The van der Waals surface area contributed by atoms with Crippen molar-refractivity contribution in [3.8, 4) is 11.1 Å². The highest BCUT2D eigenvalue weighted by atomic mass is 15.3. The van der Waals surface area contributed by atoms with Crippen LogP contribution in [0, 0.1) is 0 Å². The summed E-state index contributed by atoms with van der Waals surface area (Å²) in [5.41, 5.74) is 7.28. The maximum atomic E-state index is 4.89. The van der Waals surface area contributed by atoms with Crippen LogP contribution in [-0.2, 0) is 5.41 Å². The standard InChI is InChI=1S/C27H17N5/c1-2-6-18(7-3-1)32-25-21(8-4-12-30-25)27(22-9-5-13-31-26(22)32)23-16-28-14-10-19(23)20-11-15-29-17-24(20)27/h1-17H. The van der Waals surface area contributed by atoms with E-state index in [1.165, 1.54) is 11.1 Å². The Kier molecular flexibility index (Phi) is 3.41. The Balaban J connectivity index is 1.67. The second-order valence-electron chi connectivity index (χ2n) is 8.01. The van der Waals surface area contributed by atoms with Crippen LogP contribution in [-0.4, -0.2) is 19.9 Å². The Morgan fingerprint density at radius 3 is 1.66 bits per heavy atom. The lowest BCUT2D eigenvalue weighted by Crippen LogP contribution is -2.37. The zero-order valence-corrected chi connectivity index (χ0v) is 17.1. The van der Waals surface area contributed by atoms with E-state index in [0.29, 0.717) is 0 Å². The van der Waals surface area contributed by atoms with E-state index in [2.05, 4.69) is 51.3 Å². The molecule has 150 valence electrons. The molecule has 4 aromatic heterocycles. The van der Waals surface area contributed by atoms with E-state index in [-0.39, 0.29) is 0 Å². The molecule has 0 fully saturated rings. The average Bonchev–Trinajstić information content (AvgIpc) is 3.16. The van der Waals surface area contributed by atoms with Crippen molar-refractivity contribution < 1.29 is 0 Å². The molecule has 1 aliphatic carbocycles. The van der Waals surface area contributed by atoms with Gasteiger partial charge in [-0.2, -0.15) is 0 Å². The maximum absolute atomic E-state index is 4.89. The molecule has 5 nitrogen and oxygen atoms in total. The minimum Gasteiger partial charge on any atom is -0.278 e. The number of fused-ring (bicyclic) bond motifs is 9. The van der Waals surface area contributed by atoms with Crippen LogP contribution >= 0.6 is 0 Å². The van der Waals surface area contributed by atoms with Crippen LogP contribution in [0.5, 0.6) is 0 Å². The molecule has 5 heteroatoms. The number of pyridine rings is 4. The Morgan fingerprint density at radius 2 is 1.09 bits per heavy atom. The highest BCUT2D eigenvalue weighted by molar-refractivity contribution is 5.93. The van der Waals surface area contributed by atoms with Gasteiger partial charge < -0.3 is 0 Å². The molecule has 0 N–H and O–H groups in total. The first-order valence-electron chi connectivity index (χ1n) is 10.6. The smallest absolute Gasteiger partial charge is 0.143 e. The van der Waals surface area contributed by atoms with Crippen LogP contribution < -0.4 is 4.90 Å². The van der Waals surface area contributed by atoms with Crippen molar-refractivity contribution in [2.45, 2.75) is 5.41 Å². The molecule has 1 spiro atoms. The number of benzene rings is 1. The third-order valence-electron chi connectivity index (χ3n) is 6.56.